The van der Waals surface area contributed by atoms with Crippen LogP contribution in [0.4, 0.5) is 0 Å². The zero-order valence-corrected chi connectivity index (χ0v) is 20.7. The van der Waals surface area contributed by atoms with Crippen LogP contribution in [-0.4, -0.2) is 60.5 Å². The number of benzene rings is 2. The largest absolute Gasteiger partial charge is 0.338 e. The van der Waals surface area contributed by atoms with E-state index in [1.807, 2.05) is 0 Å². The molecule has 6 heteroatoms. The van der Waals surface area contributed by atoms with E-state index in [0.29, 0.717) is 18.3 Å². The number of nitrogens with one attached hydrogen (secondary N) is 1. The smallest absolute Gasteiger partial charge is 0.241 e. The van der Waals surface area contributed by atoms with Crippen LogP contribution >= 0.6 is 0 Å². The van der Waals surface area contributed by atoms with Crippen LogP contribution in [0.5, 0.6) is 0 Å². The van der Waals surface area contributed by atoms with Gasteiger partial charge in [0.2, 0.25) is 5.91 Å². The summed E-state index contributed by atoms with van der Waals surface area (Å²) in [6, 6.07) is 18.8. The van der Waals surface area contributed by atoms with Crippen LogP contribution in [0.15, 0.2) is 48.5 Å². The molecule has 0 aromatic heterocycles. The van der Waals surface area contributed by atoms with Gasteiger partial charge in [-0.1, -0.05) is 48.5 Å². The fraction of sp³-hybridized carbons (Fsp3) is 0.517. The van der Waals surface area contributed by atoms with Gasteiger partial charge in [0.15, 0.2) is 0 Å². The Hall–Kier alpha value is -2.72. The number of nitrogens with two attached hydrogens (primary N) is 1. The van der Waals surface area contributed by atoms with E-state index in [9.17, 15) is 10.1 Å². The van der Waals surface area contributed by atoms with Crippen molar-refractivity contribution in [3.8, 4) is 17.2 Å². The van der Waals surface area contributed by atoms with Crippen molar-refractivity contribution in [2.24, 2.45) is 17.6 Å². The minimum absolute atomic E-state index is 0.160. The molecule has 1 amide bonds. The minimum atomic E-state index is -0.804. The molecule has 2 aromatic carbocycles. The summed E-state index contributed by atoms with van der Waals surface area (Å²) in [6.45, 7) is 5.51. The van der Waals surface area contributed by atoms with E-state index in [2.05, 4.69) is 76.8 Å². The standard InChI is InChI=1S/C29H37N5O/c1-33-10-12-34(13-11-33)20-22-4-8-26(9-5-22)25-6-2-21(3-7-25)16-27(19-30)32-28(35)29(31)17-23-14-24(15-23)18-29/h2-9,23-24,27H,10-18,20,31H2,1H3,(H,32,35)/t23?,24?,27-,29?/m0/s1. The molecule has 1 saturated heterocycles. The van der Waals surface area contributed by atoms with Crippen LogP contribution in [0, 0.1) is 23.2 Å². The monoisotopic (exact) mass is 471 g/mol. The molecule has 184 valence electrons. The van der Waals surface area contributed by atoms with Crippen molar-refractivity contribution >= 4 is 5.91 Å². The average molecular weight is 472 g/mol. The molecular formula is C29H37N5O. The van der Waals surface area contributed by atoms with E-state index >= 15 is 0 Å². The summed E-state index contributed by atoms with van der Waals surface area (Å²) < 4.78 is 0. The molecule has 0 radical (unpaired) electrons. The lowest BCUT2D eigenvalue weighted by atomic mass is 9.58. The van der Waals surface area contributed by atoms with Gasteiger partial charge in [-0.05, 0) is 66.8 Å². The van der Waals surface area contributed by atoms with Crippen LogP contribution in [-0.2, 0) is 17.8 Å². The Morgan fingerprint density at radius 1 is 1.00 bits per heavy atom. The number of piperazine rings is 1. The van der Waals surface area contributed by atoms with Crippen molar-refractivity contribution in [3.05, 3.63) is 59.7 Å². The van der Waals surface area contributed by atoms with Crippen LogP contribution in [0.2, 0.25) is 0 Å². The van der Waals surface area contributed by atoms with Crippen molar-refractivity contribution in [2.45, 2.75) is 50.2 Å². The van der Waals surface area contributed by atoms with Gasteiger partial charge in [-0.3, -0.25) is 9.69 Å². The Morgan fingerprint density at radius 3 is 2.09 bits per heavy atom. The Morgan fingerprint density at radius 2 is 1.54 bits per heavy atom. The summed E-state index contributed by atoms with van der Waals surface area (Å²) in [5, 5.41) is 12.6. The molecule has 0 unspecified atom stereocenters. The third-order valence-electron chi connectivity index (χ3n) is 8.24. The second kappa shape index (κ2) is 10.1. The van der Waals surface area contributed by atoms with Gasteiger partial charge in [-0.2, -0.15) is 5.26 Å². The molecule has 2 aromatic rings. The van der Waals surface area contributed by atoms with Gasteiger partial charge < -0.3 is 16.0 Å². The van der Waals surface area contributed by atoms with E-state index < -0.39 is 11.6 Å². The summed E-state index contributed by atoms with van der Waals surface area (Å²) in [7, 11) is 2.18. The van der Waals surface area contributed by atoms with Crippen LogP contribution in [0.1, 0.15) is 36.8 Å². The van der Waals surface area contributed by atoms with Crippen molar-refractivity contribution in [3.63, 3.8) is 0 Å². The molecule has 1 aliphatic heterocycles. The molecule has 0 spiro atoms. The molecule has 35 heavy (non-hydrogen) atoms. The lowest BCUT2D eigenvalue weighted by molar-refractivity contribution is -0.131. The summed E-state index contributed by atoms with van der Waals surface area (Å²) in [6.07, 6.45) is 4.39. The maximum atomic E-state index is 12.9. The van der Waals surface area contributed by atoms with E-state index in [-0.39, 0.29) is 5.91 Å². The van der Waals surface area contributed by atoms with Gasteiger partial charge >= 0.3 is 0 Å². The summed E-state index contributed by atoms with van der Waals surface area (Å²) in [5.74, 6) is 1.00. The molecule has 1 heterocycles. The summed E-state index contributed by atoms with van der Waals surface area (Å²) in [4.78, 5) is 17.7. The van der Waals surface area contributed by atoms with E-state index in [0.717, 1.165) is 56.7 Å². The summed E-state index contributed by atoms with van der Waals surface area (Å²) >= 11 is 0. The first-order valence-corrected chi connectivity index (χ1v) is 13.0. The fourth-order valence-electron chi connectivity index (χ4n) is 6.07. The second-order valence-corrected chi connectivity index (χ2v) is 11.1. The van der Waals surface area contributed by atoms with Gasteiger partial charge in [-0.15, -0.1) is 0 Å². The Labute approximate surface area is 209 Å². The van der Waals surface area contributed by atoms with E-state index in [1.54, 1.807) is 0 Å². The van der Waals surface area contributed by atoms with Gasteiger partial charge in [0.25, 0.3) is 0 Å². The lowest BCUT2D eigenvalue weighted by Gasteiger charge is -2.49. The maximum absolute atomic E-state index is 12.9. The number of amides is 1. The minimum Gasteiger partial charge on any atom is -0.338 e. The van der Waals surface area contributed by atoms with Gasteiger partial charge in [0.05, 0.1) is 11.6 Å². The molecular weight excluding hydrogens is 434 g/mol. The van der Waals surface area contributed by atoms with E-state index in [4.69, 9.17) is 5.73 Å². The molecule has 6 rings (SSSR count). The molecule has 3 saturated carbocycles. The zero-order chi connectivity index (χ0) is 24.4. The Kier molecular flexibility index (Phi) is 6.93. The predicted octanol–water partition coefficient (Wildman–Crippen LogP) is 3.17. The molecule has 6 nitrogen and oxygen atoms in total. The number of carbonyl (C=O) groups excluding carboxylic acids is 1. The van der Waals surface area contributed by atoms with E-state index in [1.165, 1.54) is 24.0 Å². The molecule has 3 aliphatic carbocycles. The number of nitrogens with zero attached hydrogens (tertiary/aromatic N) is 3. The van der Waals surface area contributed by atoms with Crippen molar-refractivity contribution in [1.29, 1.82) is 5.26 Å². The maximum Gasteiger partial charge on any atom is 0.241 e. The fourth-order valence-corrected chi connectivity index (χ4v) is 6.07. The SMILES string of the molecule is CN1CCN(Cc2ccc(-c3ccc(C[C@@H](C#N)NC(=O)C4(N)CC5CC(C5)C4)cc3)cc2)CC1. The number of likely N-dealkylation sites (N-methyl/N-ethyl adjacent to an activating group) is 1. The highest BCUT2D eigenvalue weighted by Gasteiger charge is 2.49. The lowest BCUT2D eigenvalue weighted by Crippen LogP contribution is -2.62. The first kappa shape index (κ1) is 24.0. The first-order valence-electron chi connectivity index (χ1n) is 13.0. The van der Waals surface area contributed by atoms with Crippen molar-refractivity contribution in [2.75, 3.05) is 33.2 Å². The molecule has 4 aliphatic rings. The summed E-state index contributed by atoms with van der Waals surface area (Å²) in [5.41, 5.74) is 10.4. The third-order valence-corrected chi connectivity index (χ3v) is 8.24. The highest BCUT2D eigenvalue weighted by atomic mass is 16.2. The van der Waals surface area contributed by atoms with Gasteiger partial charge in [0, 0.05) is 39.1 Å². The Balaban J connectivity index is 1.15. The molecule has 4 fully saturated rings. The molecule has 3 N–H and O–H groups in total. The third kappa shape index (κ3) is 5.59. The first-order chi connectivity index (χ1) is 16.9. The normalized spacial score (nSPS) is 27.5. The predicted molar refractivity (Wildman–Crippen MR) is 138 cm³/mol. The number of carbonyl (C=O) groups is 1. The number of hydrogen-bond donors (Lipinski definition) is 2. The van der Waals surface area contributed by atoms with Crippen molar-refractivity contribution < 1.29 is 4.79 Å². The van der Waals surface area contributed by atoms with Crippen LogP contribution in [0.3, 0.4) is 0 Å². The highest BCUT2D eigenvalue weighted by Crippen LogP contribution is 2.49. The highest BCUT2D eigenvalue weighted by molar-refractivity contribution is 5.87. The number of rotatable bonds is 7. The Bertz CT molecular complexity index is 1050. The van der Waals surface area contributed by atoms with Gasteiger partial charge in [-0.25, -0.2) is 0 Å². The average Bonchev–Trinajstić information content (AvgIpc) is 2.85. The number of nitriles is 1. The number of hydrogen-bond acceptors (Lipinski definition) is 5. The molecule has 1 atom stereocenters. The van der Waals surface area contributed by atoms with Crippen LogP contribution in [0.25, 0.3) is 11.1 Å². The second-order valence-electron chi connectivity index (χ2n) is 11.1. The van der Waals surface area contributed by atoms with Crippen LogP contribution < -0.4 is 11.1 Å². The van der Waals surface area contributed by atoms with Gasteiger partial charge in [0.1, 0.15) is 6.04 Å². The van der Waals surface area contributed by atoms with Crippen molar-refractivity contribution in [1.82, 2.24) is 15.1 Å². The topological polar surface area (TPSA) is 85.4 Å². The zero-order valence-electron chi connectivity index (χ0n) is 20.7. The quantitative estimate of drug-likeness (QED) is 0.648. The molecule has 2 bridgehead atoms. The number of fused-ring (bicyclic) bond motifs is 2.